The van der Waals surface area contributed by atoms with Gasteiger partial charge in [0, 0.05) is 16.9 Å². The summed E-state index contributed by atoms with van der Waals surface area (Å²) >= 11 is 0. The maximum atomic E-state index is 14.8. The van der Waals surface area contributed by atoms with Crippen molar-refractivity contribution in [2.45, 2.75) is 32.6 Å². The summed E-state index contributed by atoms with van der Waals surface area (Å²) in [7, 11) is 0. The zero-order valence-electron chi connectivity index (χ0n) is 14.9. The summed E-state index contributed by atoms with van der Waals surface area (Å²) in [5.41, 5.74) is 0.646. The van der Waals surface area contributed by atoms with E-state index in [1.807, 2.05) is 31.2 Å². The van der Waals surface area contributed by atoms with E-state index >= 15 is 0 Å². The highest BCUT2D eigenvalue weighted by Gasteiger charge is 2.27. The molecule has 0 bridgehead atoms. The topological polar surface area (TPSA) is 0 Å². The second kappa shape index (κ2) is 7.94. The van der Waals surface area contributed by atoms with Gasteiger partial charge in [-0.1, -0.05) is 36.4 Å². The van der Waals surface area contributed by atoms with Crippen LogP contribution >= 0.6 is 0 Å². The second-order valence-corrected chi connectivity index (χ2v) is 6.92. The van der Waals surface area contributed by atoms with Crippen LogP contribution in [0.2, 0.25) is 0 Å². The predicted molar refractivity (Wildman–Crippen MR) is 103 cm³/mol. The average Bonchev–Trinajstić information content (AvgIpc) is 2.67. The first-order valence-corrected chi connectivity index (χ1v) is 9.08. The molecule has 3 rings (SSSR count). The fourth-order valence-electron chi connectivity index (χ4n) is 3.69. The molecule has 1 fully saturated rings. The minimum atomic E-state index is -1.07. The summed E-state index contributed by atoms with van der Waals surface area (Å²) in [6, 6.07) is 8.19. The minimum absolute atomic E-state index is 0.292. The van der Waals surface area contributed by atoms with Crippen molar-refractivity contribution in [1.29, 1.82) is 0 Å². The van der Waals surface area contributed by atoms with Crippen molar-refractivity contribution < 1.29 is 13.2 Å². The first-order valence-electron chi connectivity index (χ1n) is 9.08. The van der Waals surface area contributed by atoms with Crippen LogP contribution in [0.3, 0.4) is 0 Å². The zero-order chi connectivity index (χ0) is 18.7. The Morgan fingerprint density at radius 3 is 2.46 bits per heavy atom. The molecule has 0 N–H and O–H groups in total. The molecule has 26 heavy (non-hydrogen) atoms. The number of benzene rings is 2. The van der Waals surface area contributed by atoms with Gasteiger partial charge in [-0.05, 0) is 61.6 Å². The summed E-state index contributed by atoms with van der Waals surface area (Å²) in [6.45, 7) is 5.66. The Morgan fingerprint density at radius 2 is 1.81 bits per heavy atom. The van der Waals surface area contributed by atoms with E-state index in [1.165, 1.54) is 6.07 Å². The fourth-order valence-corrected chi connectivity index (χ4v) is 3.69. The van der Waals surface area contributed by atoms with Crippen molar-refractivity contribution in [3.05, 3.63) is 71.8 Å². The number of allylic oxidation sites excluding steroid dienone is 3. The van der Waals surface area contributed by atoms with Gasteiger partial charge in [0.1, 0.15) is 11.6 Å². The van der Waals surface area contributed by atoms with Gasteiger partial charge < -0.3 is 0 Å². The van der Waals surface area contributed by atoms with Crippen LogP contribution < -0.4 is 0 Å². The zero-order valence-corrected chi connectivity index (χ0v) is 14.9. The van der Waals surface area contributed by atoms with Gasteiger partial charge in [0.05, 0.1) is 0 Å². The molecular formula is C23H23F3. The minimum Gasteiger partial charge on any atom is -0.208 e. The molecule has 2 aromatic carbocycles. The van der Waals surface area contributed by atoms with Crippen LogP contribution in [0.4, 0.5) is 13.2 Å². The molecular weight excluding hydrogens is 333 g/mol. The molecule has 0 aliphatic heterocycles. The second-order valence-electron chi connectivity index (χ2n) is 6.92. The first-order chi connectivity index (χ1) is 12.5. The number of rotatable bonds is 4. The Morgan fingerprint density at radius 1 is 1.08 bits per heavy atom. The predicted octanol–water partition coefficient (Wildman–Crippen LogP) is 7.61. The van der Waals surface area contributed by atoms with Crippen LogP contribution in [0, 0.1) is 17.7 Å². The molecule has 0 unspecified atom stereocenters. The highest BCUT2D eigenvalue weighted by molar-refractivity contribution is 5.88. The average molecular weight is 356 g/mol. The summed E-state index contributed by atoms with van der Waals surface area (Å²) in [5.74, 6) is -2.70. The van der Waals surface area contributed by atoms with Crippen molar-refractivity contribution in [3.63, 3.8) is 0 Å². The van der Waals surface area contributed by atoms with Crippen LogP contribution in [-0.4, -0.2) is 0 Å². The van der Waals surface area contributed by atoms with Crippen molar-refractivity contribution in [1.82, 2.24) is 0 Å². The lowest BCUT2D eigenvalue weighted by atomic mass is 9.81. The van der Waals surface area contributed by atoms with Gasteiger partial charge in [-0.25, -0.2) is 13.2 Å². The molecule has 0 nitrogen and oxygen atoms in total. The molecule has 3 heteroatoms. The Bertz CT molecular complexity index is 868. The van der Waals surface area contributed by atoms with Gasteiger partial charge in [0.15, 0.2) is 5.83 Å². The van der Waals surface area contributed by atoms with Gasteiger partial charge in [0.25, 0.3) is 0 Å². The monoisotopic (exact) mass is 356 g/mol. The molecule has 2 aromatic rings. The van der Waals surface area contributed by atoms with Crippen LogP contribution in [0.25, 0.3) is 22.7 Å². The van der Waals surface area contributed by atoms with E-state index in [2.05, 4.69) is 6.58 Å². The SMILES string of the molecule is C=CC1CCC(C(F)=C(F)c2ccc3cc(/C=C/C)ccc3c2F)CC1. The van der Waals surface area contributed by atoms with E-state index in [1.54, 1.807) is 18.2 Å². The molecule has 0 saturated heterocycles. The first kappa shape index (κ1) is 18.5. The van der Waals surface area contributed by atoms with Gasteiger partial charge in [-0.2, -0.15) is 0 Å². The quantitative estimate of drug-likeness (QED) is 0.494. The Balaban J connectivity index is 1.94. The van der Waals surface area contributed by atoms with Crippen LogP contribution in [-0.2, 0) is 0 Å². The normalized spacial score (nSPS) is 21.8. The molecule has 0 atom stereocenters. The van der Waals surface area contributed by atoms with E-state index in [9.17, 15) is 13.2 Å². The number of hydrogen-bond acceptors (Lipinski definition) is 0. The summed E-state index contributed by atoms with van der Waals surface area (Å²) in [5, 5.41) is 0.968. The highest BCUT2D eigenvalue weighted by Crippen LogP contribution is 2.39. The number of halogens is 3. The molecule has 136 valence electrons. The summed E-state index contributed by atoms with van der Waals surface area (Å²) < 4.78 is 44.2. The van der Waals surface area contributed by atoms with Gasteiger partial charge >= 0.3 is 0 Å². The molecule has 0 aromatic heterocycles. The number of hydrogen-bond donors (Lipinski definition) is 0. The lowest BCUT2D eigenvalue weighted by Crippen LogP contribution is -2.14. The molecule has 0 spiro atoms. The highest BCUT2D eigenvalue weighted by atomic mass is 19.2. The van der Waals surface area contributed by atoms with Gasteiger partial charge in [-0.3, -0.25) is 0 Å². The Labute approximate surface area is 152 Å². The Hall–Kier alpha value is -2.29. The van der Waals surface area contributed by atoms with Crippen LogP contribution in [0.1, 0.15) is 43.7 Å². The number of fused-ring (bicyclic) bond motifs is 1. The smallest absolute Gasteiger partial charge is 0.165 e. The summed E-state index contributed by atoms with van der Waals surface area (Å²) in [6.07, 6.45) is 8.40. The van der Waals surface area contributed by atoms with Gasteiger partial charge in [0.2, 0.25) is 0 Å². The van der Waals surface area contributed by atoms with Crippen molar-refractivity contribution in [2.24, 2.45) is 11.8 Å². The van der Waals surface area contributed by atoms with Crippen molar-refractivity contribution in [2.75, 3.05) is 0 Å². The fraction of sp³-hybridized carbons (Fsp3) is 0.304. The standard InChI is InChI=1S/C23H23F3/c1-3-5-16-8-12-19-18(14-16)11-13-20(22(19)25)23(26)21(24)17-9-6-15(4-2)7-10-17/h3-5,8,11-15,17H,2,6-7,9-10H2,1H3/b5-3+,23-21?. The Kier molecular flexibility index (Phi) is 5.65. The third-order valence-corrected chi connectivity index (χ3v) is 5.25. The lowest BCUT2D eigenvalue weighted by molar-refractivity contribution is 0.305. The van der Waals surface area contributed by atoms with Crippen molar-refractivity contribution in [3.8, 4) is 0 Å². The molecule has 1 aliphatic rings. The van der Waals surface area contributed by atoms with Crippen molar-refractivity contribution >= 4 is 22.7 Å². The molecule has 0 amide bonds. The van der Waals surface area contributed by atoms with Gasteiger partial charge in [-0.15, -0.1) is 6.58 Å². The third kappa shape index (κ3) is 3.62. The van der Waals surface area contributed by atoms with E-state index in [0.29, 0.717) is 29.5 Å². The maximum absolute atomic E-state index is 14.8. The van der Waals surface area contributed by atoms with Crippen LogP contribution in [0.5, 0.6) is 0 Å². The van der Waals surface area contributed by atoms with E-state index in [0.717, 1.165) is 18.4 Å². The summed E-state index contributed by atoms with van der Waals surface area (Å²) in [4.78, 5) is 0. The molecule has 0 radical (unpaired) electrons. The van der Waals surface area contributed by atoms with Crippen LogP contribution in [0.15, 0.2) is 54.9 Å². The molecule has 1 aliphatic carbocycles. The molecule has 0 heterocycles. The lowest BCUT2D eigenvalue weighted by Gasteiger charge is -2.25. The van der Waals surface area contributed by atoms with E-state index in [-0.39, 0.29) is 5.56 Å². The van der Waals surface area contributed by atoms with E-state index < -0.39 is 23.4 Å². The maximum Gasteiger partial charge on any atom is 0.165 e. The van der Waals surface area contributed by atoms with E-state index in [4.69, 9.17) is 0 Å². The molecule has 1 saturated carbocycles. The third-order valence-electron chi connectivity index (χ3n) is 5.25. The largest absolute Gasteiger partial charge is 0.208 e.